The van der Waals surface area contributed by atoms with Crippen molar-refractivity contribution in [2.45, 2.75) is 20.3 Å². The number of carbonyl (C=O) groups is 1. The fourth-order valence-corrected chi connectivity index (χ4v) is 1.93. The van der Waals surface area contributed by atoms with Gasteiger partial charge in [0.15, 0.2) is 0 Å². The van der Waals surface area contributed by atoms with Gasteiger partial charge in [0.1, 0.15) is 0 Å². The first-order chi connectivity index (χ1) is 8.95. The number of nitriles is 1. The molecule has 0 bridgehead atoms. The normalized spacial score (nSPS) is 10.2. The highest BCUT2D eigenvalue weighted by Gasteiger charge is 2.17. The van der Waals surface area contributed by atoms with Gasteiger partial charge in [-0.1, -0.05) is 13.8 Å². The quantitative estimate of drug-likeness (QED) is 0.767. The summed E-state index contributed by atoms with van der Waals surface area (Å²) in [6, 6.07) is 6.82. The Kier molecular flexibility index (Phi) is 5.19. The van der Waals surface area contributed by atoms with Crippen LogP contribution in [-0.4, -0.2) is 24.2 Å². The van der Waals surface area contributed by atoms with Crippen LogP contribution in [0.15, 0.2) is 18.2 Å². The van der Waals surface area contributed by atoms with E-state index in [0.29, 0.717) is 36.8 Å². The van der Waals surface area contributed by atoms with Crippen molar-refractivity contribution >= 4 is 17.3 Å². The third kappa shape index (κ3) is 4.18. The predicted octanol–water partition coefficient (Wildman–Crippen LogP) is 2.34. The molecule has 3 N–H and O–H groups in total. The molecule has 0 saturated heterocycles. The largest absolute Gasteiger partial charge is 0.478 e. The number of anilines is 2. The zero-order chi connectivity index (χ0) is 14.4. The summed E-state index contributed by atoms with van der Waals surface area (Å²) >= 11 is 0. The van der Waals surface area contributed by atoms with E-state index in [9.17, 15) is 9.90 Å². The zero-order valence-electron chi connectivity index (χ0n) is 11.3. The summed E-state index contributed by atoms with van der Waals surface area (Å²) in [5.41, 5.74) is 7.06. The fraction of sp³-hybridized carbons (Fsp3) is 0.429. The molecule has 0 spiro atoms. The molecule has 0 heterocycles. The van der Waals surface area contributed by atoms with Crippen LogP contribution in [0.5, 0.6) is 0 Å². The van der Waals surface area contributed by atoms with Crippen LogP contribution < -0.4 is 10.6 Å². The molecule has 1 rings (SSSR count). The number of nitrogens with two attached hydrogens (primary N) is 1. The van der Waals surface area contributed by atoms with Crippen molar-refractivity contribution in [1.29, 1.82) is 5.26 Å². The van der Waals surface area contributed by atoms with Gasteiger partial charge in [0.05, 0.1) is 23.7 Å². The van der Waals surface area contributed by atoms with Crippen molar-refractivity contribution < 1.29 is 9.90 Å². The second-order valence-electron chi connectivity index (χ2n) is 4.83. The summed E-state index contributed by atoms with van der Waals surface area (Å²) in [6.07, 6.45) is 0.348. The van der Waals surface area contributed by atoms with Gasteiger partial charge in [0, 0.05) is 18.8 Å². The van der Waals surface area contributed by atoms with Crippen molar-refractivity contribution in [1.82, 2.24) is 0 Å². The van der Waals surface area contributed by atoms with E-state index in [4.69, 9.17) is 11.0 Å². The Morgan fingerprint density at radius 2 is 2.21 bits per heavy atom. The molecule has 0 aliphatic carbocycles. The van der Waals surface area contributed by atoms with Gasteiger partial charge >= 0.3 is 5.97 Å². The third-order valence-corrected chi connectivity index (χ3v) is 2.67. The van der Waals surface area contributed by atoms with Crippen LogP contribution in [0.3, 0.4) is 0 Å². The van der Waals surface area contributed by atoms with Crippen LogP contribution in [0.1, 0.15) is 30.6 Å². The van der Waals surface area contributed by atoms with Crippen molar-refractivity contribution in [3.63, 3.8) is 0 Å². The first kappa shape index (κ1) is 14.8. The summed E-state index contributed by atoms with van der Waals surface area (Å²) in [5, 5.41) is 17.9. The average molecular weight is 261 g/mol. The minimum Gasteiger partial charge on any atom is -0.478 e. The van der Waals surface area contributed by atoms with E-state index >= 15 is 0 Å². The lowest BCUT2D eigenvalue weighted by atomic mass is 10.1. The number of carboxylic acids is 1. The maximum Gasteiger partial charge on any atom is 0.337 e. The van der Waals surface area contributed by atoms with Crippen LogP contribution in [0.4, 0.5) is 11.4 Å². The van der Waals surface area contributed by atoms with Crippen molar-refractivity contribution in [3.8, 4) is 6.07 Å². The highest BCUT2D eigenvalue weighted by Crippen LogP contribution is 2.25. The average Bonchev–Trinajstić information content (AvgIpc) is 2.33. The van der Waals surface area contributed by atoms with Gasteiger partial charge in [-0.15, -0.1) is 0 Å². The molecule has 0 radical (unpaired) electrons. The van der Waals surface area contributed by atoms with Gasteiger partial charge in [-0.3, -0.25) is 0 Å². The Bertz CT molecular complexity index is 492. The summed E-state index contributed by atoms with van der Waals surface area (Å²) < 4.78 is 0. The van der Waals surface area contributed by atoms with E-state index in [1.807, 2.05) is 18.7 Å². The van der Waals surface area contributed by atoms with Crippen LogP contribution in [-0.2, 0) is 0 Å². The molecular formula is C14H19N3O2. The van der Waals surface area contributed by atoms with Gasteiger partial charge in [0.25, 0.3) is 0 Å². The molecule has 0 aliphatic heterocycles. The van der Waals surface area contributed by atoms with Crippen LogP contribution in [0.2, 0.25) is 0 Å². The summed E-state index contributed by atoms with van der Waals surface area (Å²) in [6.45, 7) is 5.28. The Morgan fingerprint density at radius 3 is 2.74 bits per heavy atom. The van der Waals surface area contributed by atoms with E-state index in [2.05, 4.69) is 6.07 Å². The number of nitrogen functional groups attached to an aromatic ring is 1. The third-order valence-electron chi connectivity index (χ3n) is 2.67. The standard InChI is InChI=1S/C14H19N3O2/c1-10(2)9-17(7-3-6-15)13-8-11(16)4-5-12(13)14(18)19/h4-5,8,10H,3,7,9,16H2,1-2H3,(H,18,19). The lowest BCUT2D eigenvalue weighted by Crippen LogP contribution is -2.30. The molecule has 19 heavy (non-hydrogen) atoms. The van der Waals surface area contributed by atoms with Crippen molar-refractivity contribution in [2.24, 2.45) is 5.92 Å². The molecule has 0 saturated carbocycles. The number of nitrogens with zero attached hydrogens (tertiary/aromatic N) is 2. The molecule has 0 amide bonds. The second kappa shape index (κ2) is 6.64. The maximum absolute atomic E-state index is 11.3. The number of hydrogen-bond acceptors (Lipinski definition) is 4. The molecule has 0 aromatic heterocycles. The first-order valence-electron chi connectivity index (χ1n) is 6.20. The molecule has 5 heteroatoms. The van der Waals surface area contributed by atoms with E-state index in [1.165, 1.54) is 6.07 Å². The minimum atomic E-state index is -0.985. The van der Waals surface area contributed by atoms with Crippen molar-refractivity contribution in [2.75, 3.05) is 23.7 Å². The highest BCUT2D eigenvalue weighted by molar-refractivity contribution is 5.95. The predicted molar refractivity (Wildman–Crippen MR) is 75.1 cm³/mol. The SMILES string of the molecule is CC(C)CN(CCC#N)c1cc(N)ccc1C(=O)O. The fourth-order valence-electron chi connectivity index (χ4n) is 1.93. The van der Waals surface area contributed by atoms with E-state index < -0.39 is 5.97 Å². The topological polar surface area (TPSA) is 90.4 Å². The molecule has 0 aliphatic rings. The summed E-state index contributed by atoms with van der Waals surface area (Å²) in [4.78, 5) is 13.2. The molecule has 102 valence electrons. The Morgan fingerprint density at radius 1 is 1.53 bits per heavy atom. The van der Waals surface area contributed by atoms with Crippen LogP contribution >= 0.6 is 0 Å². The Balaban J connectivity index is 3.15. The van der Waals surface area contributed by atoms with Gasteiger partial charge in [-0.05, 0) is 24.1 Å². The molecule has 1 aromatic rings. The minimum absolute atomic E-state index is 0.216. The Hall–Kier alpha value is -2.22. The summed E-state index contributed by atoms with van der Waals surface area (Å²) in [7, 11) is 0. The van der Waals surface area contributed by atoms with Gasteiger partial charge in [-0.2, -0.15) is 5.26 Å². The Labute approximate surface area is 113 Å². The van der Waals surface area contributed by atoms with Crippen molar-refractivity contribution in [3.05, 3.63) is 23.8 Å². The summed E-state index contributed by atoms with van der Waals surface area (Å²) in [5.74, 6) is -0.623. The molecular weight excluding hydrogens is 242 g/mol. The molecule has 0 fully saturated rings. The number of hydrogen-bond donors (Lipinski definition) is 2. The highest BCUT2D eigenvalue weighted by atomic mass is 16.4. The van der Waals surface area contributed by atoms with Gasteiger partial charge < -0.3 is 15.7 Å². The van der Waals surface area contributed by atoms with Crippen LogP contribution in [0, 0.1) is 17.2 Å². The smallest absolute Gasteiger partial charge is 0.337 e. The zero-order valence-corrected chi connectivity index (χ0v) is 11.3. The second-order valence-corrected chi connectivity index (χ2v) is 4.83. The number of benzene rings is 1. The molecule has 0 atom stereocenters. The van der Waals surface area contributed by atoms with Crippen LogP contribution in [0.25, 0.3) is 0 Å². The number of carboxylic acid groups (broad SMARTS) is 1. The molecule has 0 unspecified atom stereocenters. The number of aromatic carboxylic acids is 1. The number of rotatable bonds is 6. The molecule has 1 aromatic carbocycles. The molecule has 5 nitrogen and oxygen atoms in total. The maximum atomic E-state index is 11.3. The monoisotopic (exact) mass is 261 g/mol. The van der Waals surface area contributed by atoms with E-state index in [1.54, 1.807) is 12.1 Å². The van der Waals surface area contributed by atoms with Gasteiger partial charge in [0.2, 0.25) is 0 Å². The van der Waals surface area contributed by atoms with Gasteiger partial charge in [-0.25, -0.2) is 4.79 Å². The lowest BCUT2D eigenvalue weighted by Gasteiger charge is -2.27. The lowest BCUT2D eigenvalue weighted by molar-refractivity contribution is 0.0697. The van der Waals surface area contributed by atoms with E-state index in [0.717, 1.165) is 0 Å². The first-order valence-corrected chi connectivity index (χ1v) is 6.20. The van der Waals surface area contributed by atoms with E-state index in [-0.39, 0.29) is 5.56 Å².